The quantitative estimate of drug-likeness (QED) is 0.738. The molecule has 6 nitrogen and oxygen atoms in total. The predicted molar refractivity (Wildman–Crippen MR) is 104 cm³/mol. The van der Waals surface area contributed by atoms with Crippen LogP contribution in [0, 0.1) is 11.3 Å². The first-order chi connectivity index (χ1) is 13.0. The highest BCUT2D eigenvalue weighted by Crippen LogP contribution is 2.46. The van der Waals surface area contributed by atoms with Gasteiger partial charge in [-0.3, -0.25) is 0 Å². The molecular weight excluding hydrogens is 412 g/mol. The molecule has 0 amide bonds. The van der Waals surface area contributed by atoms with Gasteiger partial charge in [0, 0.05) is 11.6 Å². The summed E-state index contributed by atoms with van der Waals surface area (Å²) in [6.07, 6.45) is 0. The maximum atomic E-state index is 9.76. The number of benzene rings is 2. The number of nitriles is 1. The van der Waals surface area contributed by atoms with Gasteiger partial charge in [-0.2, -0.15) is 5.26 Å². The Kier molecular flexibility index (Phi) is 5.47. The Morgan fingerprint density at radius 1 is 1.22 bits per heavy atom. The van der Waals surface area contributed by atoms with Gasteiger partial charge in [0.25, 0.3) is 0 Å². The Balaban J connectivity index is 2.21. The molecule has 2 aromatic rings. The van der Waals surface area contributed by atoms with Gasteiger partial charge >= 0.3 is 0 Å². The number of aromatic hydroxyl groups is 1. The fourth-order valence-electron chi connectivity index (χ4n) is 3.09. The summed E-state index contributed by atoms with van der Waals surface area (Å²) in [7, 11) is 0. The number of nitrogens with zero attached hydrogens (tertiary/aromatic N) is 1. The smallest absolute Gasteiger partial charge is 0.205 e. The molecule has 140 valence electrons. The molecule has 0 aromatic heterocycles. The standard InChI is InChI=1S/C20H19BrN2O4/c1-3-25-17-8-11(7-15(21)19(17)26-4-2)18-13-6-5-12(24)9-16(13)27-20(23)14(18)10-22/h5-9,18,24H,3-4,23H2,1-2H3. The van der Waals surface area contributed by atoms with Crippen molar-refractivity contribution in [3.63, 3.8) is 0 Å². The van der Waals surface area contributed by atoms with Crippen LogP contribution in [0.25, 0.3) is 0 Å². The molecule has 2 aromatic carbocycles. The van der Waals surface area contributed by atoms with Crippen molar-refractivity contribution in [2.24, 2.45) is 5.73 Å². The molecule has 1 aliphatic rings. The molecule has 3 N–H and O–H groups in total. The number of rotatable bonds is 5. The third-order valence-corrected chi connectivity index (χ3v) is 4.75. The largest absolute Gasteiger partial charge is 0.508 e. The van der Waals surface area contributed by atoms with E-state index in [9.17, 15) is 10.4 Å². The van der Waals surface area contributed by atoms with Gasteiger partial charge < -0.3 is 25.1 Å². The molecule has 0 saturated carbocycles. The van der Waals surface area contributed by atoms with Crippen molar-refractivity contribution >= 4 is 15.9 Å². The van der Waals surface area contributed by atoms with E-state index in [1.54, 1.807) is 12.1 Å². The molecule has 0 aliphatic carbocycles. The van der Waals surface area contributed by atoms with Gasteiger partial charge in [0.2, 0.25) is 5.88 Å². The van der Waals surface area contributed by atoms with E-state index in [2.05, 4.69) is 22.0 Å². The SMILES string of the molecule is CCOc1cc(C2C(C#N)=C(N)Oc3cc(O)ccc32)cc(Br)c1OCC. The average molecular weight is 431 g/mol. The van der Waals surface area contributed by atoms with Crippen LogP contribution in [0.15, 0.2) is 46.3 Å². The number of phenols is 1. The number of hydrogen-bond donors (Lipinski definition) is 2. The second kappa shape index (κ2) is 7.80. The summed E-state index contributed by atoms with van der Waals surface area (Å²) < 4.78 is 17.7. The van der Waals surface area contributed by atoms with Crippen molar-refractivity contribution in [3.05, 3.63) is 57.4 Å². The van der Waals surface area contributed by atoms with E-state index in [1.165, 1.54) is 6.07 Å². The van der Waals surface area contributed by atoms with E-state index in [0.29, 0.717) is 40.5 Å². The Hall–Kier alpha value is -2.85. The summed E-state index contributed by atoms with van der Waals surface area (Å²) in [5.74, 6) is 1.22. The zero-order valence-corrected chi connectivity index (χ0v) is 16.5. The molecule has 27 heavy (non-hydrogen) atoms. The third kappa shape index (κ3) is 3.53. The van der Waals surface area contributed by atoms with Gasteiger partial charge in [0.1, 0.15) is 23.1 Å². The van der Waals surface area contributed by atoms with Crippen molar-refractivity contribution in [2.45, 2.75) is 19.8 Å². The average Bonchev–Trinajstić information content (AvgIpc) is 2.63. The zero-order valence-electron chi connectivity index (χ0n) is 15.0. The van der Waals surface area contributed by atoms with Gasteiger partial charge in [0.05, 0.1) is 23.6 Å². The first kappa shape index (κ1) is 18.9. The summed E-state index contributed by atoms with van der Waals surface area (Å²) >= 11 is 3.54. The van der Waals surface area contributed by atoms with Gasteiger partial charge in [-0.1, -0.05) is 6.07 Å². The molecule has 0 fully saturated rings. The van der Waals surface area contributed by atoms with Crippen LogP contribution >= 0.6 is 15.9 Å². The highest BCUT2D eigenvalue weighted by molar-refractivity contribution is 9.10. The van der Waals surface area contributed by atoms with E-state index < -0.39 is 5.92 Å². The topological polar surface area (TPSA) is 97.7 Å². The number of hydrogen-bond acceptors (Lipinski definition) is 6. The second-order valence-electron chi connectivity index (χ2n) is 5.84. The van der Waals surface area contributed by atoms with E-state index in [0.717, 1.165) is 11.1 Å². The zero-order chi connectivity index (χ0) is 19.6. The second-order valence-corrected chi connectivity index (χ2v) is 6.70. The fourth-order valence-corrected chi connectivity index (χ4v) is 3.66. The Bertz CT molecular complexity index is 950. The number of fused-ring (bicyclic) bond motifs is 1. The summed E-state index contributed by atoms with van der Waals surface area (Å²) in [5, 5.41) is 19.4. The van der Waals surface area contributed by atoms with Crippen LogP contribution in [0.5, 0.6) is 23.0 Å². The van der Waals surface area contributed by atoms with Crippen molar-refractivity contribution in [3.8, 4) is 29.1 Å². The summed E-state index contributed by atoms with van der Waals surface area (Å²) in [4.78, 5) is 0. The maximum absolute atomic E-state index is 9.76. The molecule has 1 heterocycles. The molecule has 0 radical (unpaired) electrons. The summed E-state index contributed by atoms with van der Waals surface area (Å²) in [6, 6.07) is 10.6. The van der Waals surface area contributed by atoms with Crippen molar-refractivity contribution in [1.29, 1.82) is 5.26 Å². The molecule has 0 bridgehead atoms. The first-order valence-electron chi connectivity index (χ1n) is 8.49. The van der Waals surface area contributed by atoms with Crippen LogP contribution in [-0.4, -0.2) is 18.3 Å². The molecule has 0 spiro atoms. The lowest BCUT2D eigenvalue weighted by Crippen LogP contribution is -2.21. The van der Waals surface area contributed by atoms with Crippen molar-refractivity contribution in [2.75, 3.05) is 13.2 Å². The summed E-state index contributed by atoms with van der Waals surface area (Å²) in [5.41, 5.74) is 7.81. The van der Waals surface area contributed by atoms with Crippen molar-refractivity contribution in [1.82, 2.24) is 0 Å². The molecule has 3 rings (SSSR count). The lowest BCUT2D eigenvalue weighted by atomic mass is 9.83. The maximum Gasteiger partial charge on any atom is 0.205 e. The van der Waals surface area contributed by atoms with Crippen LogP contribution in [0.4, 0.5) is 0 Å². The fraction of sp³-hybridized carbons (Fsp3) is 0.250. The highest BCUT2D eigenvalue weighted by atomic mass is 79.9. The van der Waals surface area contributed by atoms with Crippen LogP contribution in [0.1, 0.15) is 30.9 Å². The van der Waals surface area contributed by atoms with Gasteiger partial charge in [-0.05, 0) is 53.5 Å². The highest BCUT2D eigenvalue weighted by Gasteiger charge is 2.32. The number of allylic oxidation sites excluding steroid dienone is 1. The monoisotopic (exact) mass is 430 g/mol. The molecule has 1 unspecified atom stereocenters. The number of nitrogens with two attached hydrogens (primary N) is 1. The number of phenolic OH excluding ortho intramolecular Hbond substituents is 1. The minimum Gasteiger partial charge on any atom is -0.508 e. The number of halogens is 1. The predicted octanol–water partition coefficient (Wildman–Crippen LogP) is 4.17. The molecule has 7 heteroatoms. The third-order valence-electron chi connectivity index (χ3n) is 4.16. The number of ether oxygens (including phenoxy) is 3. The minimum absolute atomic E-state index is 0.0172. The van der Waals surface area contributed by atoms with Crippen LogP contribution < -0.4 is 19.9 Å². The van der Waals surface area contributed by atoms with E-state index in [1.807, 2.05) is 26.0 Å². The van der Waals surface area contributed by atoms with Gasteiger partial charge in [0.15, 0.2) is 11.5 Å². The van der Waals surface area contributed by atoms with E-state index in [4.69, 9.17) is 19.9 Å². The van der Waals surface area contributed by atoms with Crippen LogP contribution in [0.3, 0.4) is 0 Å². The Morgan fingerprint density at radius 2 is 1.96 bits per heavy atom. The lowest BCUT2D eigenvalue weighted by Gasteiger charge is -2.27. The van der Waals surface area contributed by atoms with Gasteiger partial charge in [-0.15, -0.1) is 0 Å². The summed E-state index contributed by atoms with van der Waals surface area (Å²) in [6.45, 7) is 4.75. The molecule has 1 atom stereocenters. The Labute approximate surface area is 165 Å². The minimum atomic E-state index is -0.453. The van der Waals surface area contributed by atoms with E-state index >= 15 is 0 Å². The van der Waals surface area contributed by atoms with Crippen molar-refractivity contribution < 1.29 is 19.3 Å². The molecule has 0 saturated heterocycles. The Morgan fingerprint density at radius 3 is 2.63 bits per heavy atom. The molecule has 1 aliphatic heterocycles. The molecular formula is C20H19BrN2O4. The first-order valence-corrected chi connectivity index (χ1v) is 9.28. The van der Waals surface area contributed by atoms with Crippen LogP contribution in [0.2, 0.25) is 0 Å². The van der Waals surface area contributed by atoms with Gasteiger partial charge in [-0.25, -0.2) is 0 Å². The van der Waals surface area contributed by atoms with Crippen LogP contribution in [-0.2, 0) is 0 Å². The normalized spacial score (nSPS) is 15.6. The van der Waals surface area contributed by atoms with E-state index in [-0.39, 0.29) is 11.6 Å². The lowest BCUT2D eigenvalue weighted by molar-refractivity contribution is 0.286.